The van der Waals surface area contributed by atoms with Crippen molar-refractivity contribution in [2.24, 2.45) is 0 Å². The number of hydrogen-bond acceptors (Lipinski definition) is 4. The number of aromatic nitrogens is 2. The summed E-state index contributed by atoms with van der Waals surface area (Å²) in [5, 5.41) is 0.798. The molecule has 23 heavy (non-hydrogen) atoms. The molecule has 0 saturated carbocycles. The van der Waals surface area contributed by atoms with E-state index in [1.807, 2.05) is 49.4 Å². The molecule has 0 bridgehead atoms. The minimum Gasteiger partial charge on any atom is -0.497 e. The fourth-order valence-corrected chi connectivity index (χ4v) is 3.12. The highest BCUT2D eigenvalue weighted by atomic mass is 32.2. The summed E-state index contributed by atoms with van der Waals surface area (Å²) in [5.74, 6) is 1.69. The summed E-state index contributed by atoms with van der Waals surface area (Å²) in [5.41, 5.74) is 4.25. The first-order valence-electron chi connectivity index (χ1n) is 7.41. The molecular formula is C19H18N2OS. The van der Waals surface area contributed by atoms with Gasteiger partial charge in [0.15, 0.2) is 5.16 Å². The molecule has 0 fully saturated rings. The van der Waals surface area contributed by atoms with Gasteiger partial charge in [0.2, 0.25) is 0 Å². The maximum absolute atomic E-state index is 5.26. The molecule has 116 valence electrons. The first kappa shape index (κ1) is 15.6. The molecule has 0 unspecified atom stereocenters. The molecule has 3 rings (SSSR count). The molecule has 0 atom stereocenters. The summed E-state index contributed by atoms with van der Waals surface area (Å²) >= 11 is 1.64. The van der Waals surface area contributed by atoms with Gasteiger partial charge in [0, 0.05) is 17.0 Å². The van der Waals surface area contributed by atoms with Gasteiger partial charge in [-0.25, -0.2) is 9.97 Å². The number of nitrogens with zero attached hydrogens (tertiary/aromatic N) is 2. The van der Waals surface area contributed by atoms with Gasteiger partial charge < -0.3 is 4.74 Å². The van der Waals surface area contributed by atoms with Crippen LogP contribution in [0.2, 0.25) is 0 Å². The molecule has 0 aliphatic heterocycles. The average Bonchev–Trinajstić information content (AvgIpc) is 2.60. The van der Waals surface area contributed by atoms with E-state index in [4.69, 9.17) is 4.74 Å². The van der Waals surface area contributed by atoms with Crippen LogP contribution < -0.4 is 4.74 Å². The standard InChI is InChI=1S/C19H18N2OS/c1-14-11-18(16-8-4-3-5-9-16)21-19(20-14)23-13-15-7-6-10-17(12-15)22-2/h3-12H,13H2,1-2H3. The molecule has 0 N–H and O–H groups in total. The first-order chi connectivity index (χ1) is 11.2. The highest BCUT2D eigenvalue weighted by Crippen LogP contribution is 2.25. The Balaban J connectivity index is 1.79. The lowest BCUT2D eigenvalue weighted by molar-refractivity contribution is 0.414. The molecule has 3 aromatic rings. The van der Waals surface area contributed by atoms with E-state index in [1.54, 1.807) is 18.9 Å². The van der Waals surface area contributed by atoms with Crippen LogP contribution in [0.5, 0.6) is 5.75 Å². The largest absolute Gasteiger partial charge is 0.497 e. The third kappa shape index (κ3) is 4.11. The Kier molecular flexibility index (Phi) is 4.93. The minimum absolute atomic E-state index is 0.798. The van der Waals surface area contributed by atoms with Gasteiger partial charge in [-0.2, -0.15) is 0 Å². The highest BCUT2D eigenvalue weighted by Gasteiger charge is 2.06. The minimum atomic E-state index is 0.798. The molecule has 4 heteroatoms. The van der Waals surface area contributed by atoms with Crippen molar-refractivity contribution in [2.75, 3.05) is 7.11 Å². The topological polar surface area (TPSA) is 35.0 Å². The number of ether oxygens (including phenoxy) is 1. The lowest BCUT2D eigenvalue weighted by atomic mass is 10.1. The first-order valence-corrected chi connectivity index (χ1v) is 8.40. The molecule has 0 spiro atoms. The maximum Gasteiger partial charge on any atom is 0.188 e. The van der Waals surface area contributed by atoms with Gasteiger partial charge in [0.1, 0.15) is 5.75 Å². The van der Waals surface area contributed by atoms with E-state index in [1.165, 1.54) is 5.56 Å². The van der Waals surface area contributed by atoms with E-state index in [-0.39, 0.29) is 0 Å². The second-order valence-electron chi connectivity index (χ2n) is 5.18. The molecule has 1 aromatic heterocycles. The average molecular weight is 322 g/mol. The van der Waals surface area contributed by atoms with Crippen molar-refractivity contribution < 1.29 is 4.74 Å². The number of rotatable bonds is 5. The Hall–Kier alpha value is -2.33. The van der Waals surface area contributed by atoms with Crippen molar-refractivity contribution in [3.63, 3.8) is 0 Å². The van der Waals surface area contributed by atoms with Crippen molar-refractivity contribution in [3.8, 4) is 17.0 Å². The van der Waals surface area contributed by atoms with E-state index in [2.05, 4.69) is 28.2 Å². The molecule has 0 aliphatic rings. The third-order valence-electron chi connectivity index (χ3n) is 3.41. The van der Waals surface area contributed by atoms with E-state index in [9.17, 15) is 0 Å². The van der Waals surface area contributed by atoms with Crippen molar-refractivity contribution >= 4 is 11.8 Å². The summed E-state index contributed by atoms with van der Waals surface area (Å²) in [6, 6.07) is 20.3. The zero-order valence-corrected chi connectivity index (χ0v) is 14.0. The van der Waals surface area contributed by atoms with Gasteiger partial charge in [-0.15, -0.1) is 0 Å². The molecular weight excluding hydrogens is 304 g/mol. The Bertz CT molecular complexity index is 790. The molecule has 0 amide bonds. The predicted molar refractivity (Wildman–Crippen MR) is 94.8 cm³/mol. The van der Waals surface area contributed by atoms with Gasteiger partial charge in [0.05, 0.1) is 12.8 Å². The fraction of sp³-hybridized carbons (Fsp3) is 0.158. The Labute approximate surface area is 140 Å². The van der Waals surface area contributed by atoms with Gasteiger partial charge >= 0.3 is 0 Å². The Morgan fingerprint density at radius 1 is 0.957 bits per heavy atom. The third-order valence-corrected chi connectivity index (χ3v) is 4.32. The Morgan fingerprint density at radius 3 is 2.57 bits per heavy atom. The monoisotopic (exact) mass is 322 g/mol. The van der Waals surface area contributed by atoms with E-state index < -0.39 is 0 Å². The molecule has 1 heterocycles. The van der Waals surface area contributed by atoms with Gasteiger partial charge in [-0.1, -0.05) is 54.2 Å². The van der Waals surface area contributed by atoms with Crippen molar-refractivity contribution in [1.82, 2.24) is 9.97 Å². The summed E-state index contributed by atoms with van der Waals surface area (Å²) in [7, 11) is 1.68. The molecule has 0 aliphatic carbocycles. The van der Waals surface area contributed by atoms with Crippen LogP contribution in [0, 0.1) is 6.92 Å². The van der Waals surface area contributed by atoms with Crippen LogP contribution in [0.3, 0.4) is 0 Å². The fourth-order valence-electron chi connectivity index (χ4n) is 2.27. The normalized spacial score (nSPS) is 10.5. The second kappa shape index (κ2) is 7.29. The van der Waals surface area contributed by atoms with Gasteiger partial charge in [0.25, 0.3) is 0 Å². The smallest absolute Gasteiger partial charge is 0.188 e. The number of methoxy groups -OCH3 is 1. The number of aryl methyl sites for hydroxylation is 1. The number of hydrogen-bond donors (Lipinski definition) is 0. The lowest BCUT2D eigenvalue weighted by Crippen LogP contribution is -1.94. The summed E-state index contributed by atoms with van der Waals surface area (Å²) < 4.78 is 5.26. The number of benzene rings is 2. The summed E-state index contributed by atoms with van der Waals surface area (Å²) in [4.78, 5) is 9.22. The Morgan fingerprint density at radius 2 is 1.78 bits per heavy atom. The maximum atomic E-state index is 5.26. The van der Waals surface area contributed by atoms with Gasteiger partial charge in [-0.3, -0.25) is 0 Å². The predicted octanol–water partition coefficient (Wildman–Crippen LogP) is 4.75. The molecule has 3 nitrogen and oxygen atoms in total. The van der Waals surface area contributed by atoms with Crippen LogP contribution in [0.1, 0.15) is 11.3 Å². The zero-order valence-electron chi connectivity index (χ0n) is 13.2. The quantitative estimate of drug-likeness (QED) is 0.501. The molecule has 2 aromatic carbocycles. The van der Waals surface area contributed by atoms with E-state index in [0.717, 1.165) is 33.6 Å². The SMILES string of the molecule is COc1cccc(CSc2nc(C)cc(-c3ccccc3)n2)c1. The van der Waals surface area contributed by atoms with Crippen LogP contribution in [-0.4, -0.2) is 17.1 Å². The van der Waals surface area contributed by atoms with Crippen molar-refractivity contribution in [3.05, 3.63) is 71.9 Å². The van der Waals surface area contributed by atoms with Crippen LogP contribution >= 0.6 is 11.8 Å². The summed E-state index contributed by atoms with van der Waals surface area (Å²) in [6.07, 6.45) is 0. The highest BCUT2D eigenvalue weighted by molar-refractivity contribution is 7.98. The number of thioether (sulfide) groups is 1. The summed E-state index contributed by atoms with van der Waals surface area (Å²) in [6.45, 7) is 2.00. The van der Waals surface area contributed by atoms with Crippen LogP contribution in [0.15, 0.2) is 65.8 Å². The second-order valence-corrected chi connectivity index (χ2v) is 6.13. The van der Waals surface area contributed by atoms with E-state index in [0.29, 0.717) is 0 Å². The van der Waals surface area contributed by atoms with Crippen molar-refractivity contribution in [1.29, 1.82) is 0 Å². The van der Waals surface area contributed by atoms with E-state index >= 15 is 0 Å². The molecule has 0 saturated heterocycles. The van der Waals surface area contributed by atoms with Gasteiger partial charge in [-0.05, 0) is 30.7 Å². The van der Waals surface area contributed by atoms with Crippen LogP contribution in [0.4, 0.5) is 0 Å². The van der Waals surface area contributed by atoms with Crippen LogP contribution in [0.25, 0.3) is 11.3 Å². The zero-order chi connectivity index (χ0) is 16.1. The molecule has 0 radical (unpaired) electrons. The lowest BCUT2D eigenvalue weighted by Gasteiger charge is -2.07. The van der Waals surface area contributed by atoms with Crippen molar-refractivity contribution in [2.45, 2.75) is 17.8 Å². The van der Waals surface area contributed by atoms with Crippen LogP contribution in [-0.2, 0) is 5.75 Å².